The van der Waals surface area contributed by atoms with Crippen LogP contribution in [0.2, 0.25) is 0 Å². The van der Waals surface area contributed by atoms with Gasteiger partial charge in [-0.15, -0.1) is 12.5 Å². The summed E-state index contributed by atoms with van der Waals surface area (Å²) in [4.78, 5) is 0. The average Bonchev–Trinajstić information content (AvgIpc) is 3.55. The molecule has 2 aliphatic carbocycles. The van der Waals surface area contributed by atoms with Crippen molar-refractivity contribution in [1.29, 1.82) is 0 Å². The van der Waals surface area contributed by atoms with E-state index >= 15 is 0 Å². The van der Waals surface area contributed by atoms with E-state index in [4.69, 9.17) is 0 Å². The molecule has 2 aliphatic rings. The quantitative estimate of drug-likeness (QED) is 0.186. The molecule has 178 valence electrons. The molecule has 1 atom stereocenters. The van der Waals surface area contributed by atoms with Gasteiger partial charge in [0.2, 0.25) is 0 Å². The summed E-state index contributed by atoms with van der Waals surface area (Å²) in [5.41, 5.74) is 0.256. The third kappa shape index (κ3) is 20.7. The first-order chi connectivity index (χ1) is 15.4. The third-order valence-electron chi connectivity index (χ3n) is 4.38. The van der Waals surface area contributed by atoms with Crippen molar-refractivity contribution in [2.75, 3.05) is 0 Å². The number of rotatable bonds is 7. The first-order valence-corrected chi connectivity index (χ1v) is 11.1. The molecule has 2 fully saturated rings. The second-order valence-electron chi connectivity index (χ2n) is 7.17. The summed E-state index contributed by atoms with van der Waals surface area (Å²) < 4.78 is 37.1. The minimum absolute atomic E-state index is 0. The maximum atomic E-state index is 12.4. The van der Waals surface area contributed by atoms with Crippen molar-refractivity contribution in [3.63, 3.8) is 0 Å². The van der Waals surface area contributed by atoms with Crippen molar-refractivity contribution in [3.8, 4) is 0 Å². The topological polar surface area (TPSA) is 0 Å². The van der Waals surface area contributed by atoms with E-state index in [1.165, 1.54) is 18.6 Å². The van der Waals surface area contributed by atoms with Crippen LogP contribution in [-0.4, -0.2) is 0 Å². The molecule has 1 unspecified atom stereocenters. The molecule has 1 aromatic carbocycles. The molecule has 0 bridgehead atoms. The van der Waals surface area contributed by atoms with Gasteiger partial charge in [-0.2, -0.15) is 19.6 Å². The van der Waals surface area contributed by atoms with Crippen LogP contribution in [0.4, 0.5) is 13.2 Å². The van der Waals surface area contributed by atoms with Gasteiger partial charge < -0.3 is 13.8 Å². The van der Waals surface area contributed by atoms with Crippen LogP contribution in [0.25, 0.3) is 0 Å². The van der Waals surface area contributed by atoms with E-state index in [2.05, 4.69) is 27.4 Å². The molecular formula is C29H37F3Zr. The fourth-order valence-electron chi connectivity index (χ4n) is 2.43. The number of benzene rings is 1. The summed E-state index contributed by atoms with van der Waals surface area (Å²) in [5.74, 6) is 0.0529. The van der Waals surface area contributed by atoms with Crippen LogP contribution < -0.4 is 0 Å². The SMILES string of the molecule is C=CCCCCC([CH2-])c1ccc(C(F)(F)F)cc1.[CH2-]CCC.[CH]1[CH][CH][CH][CH]1.[CH]1[CH][CH][CH][CH]1.[Zr+2]. The van der Waals surface area contributed by atoms with Crippen molar-refractivity contribution >= 4 is 0 Å². The van der Waals surface area contributed by atoms with Gasteiger partial charge in [0, 0.05) is 0 Å². The van der Waals surface area contributed by atoms with E-state index in [1.807, 2.05) is 70.3 Å². The van der Waals surface area contributed by atoms with Crippen LogP contribution >= 0.6 is 0 Å². The molecular weight excluding hydrogens is 497 g/mol. The van der Waals surface area contributed by atoms with E-state index in [-0.39, 0.29) is 32.1 Å². The van der Waals surface area contributed by atoms with Crippen molar-refractivity contribution < 1.29 is 39.4 Å². The van der Waals surface area contributed by atoms with Gasteiger partial charge in [0.1, 0.15) is 0 Å². The monoisotopic (exact) mass is 532 g/mol. The number of hydrogen-bond acceptors (Lipinski definition) is 0. The van der Waals surface area contributed by atoms with E-state index in [1.54, 1.807) is 0 Å². The Bertz CT molecular complexity index is 502. The van der Waals surface area contributed by atoms with Gasteiger partial charge in [0.05, 0.1) is 5.56 Å². The Hall–Kier alpha value is -0.367. The van der Waals surface area contributed by atoms with Gasteiger partial charge in [-0.05, 0) is 89.2 Å². The molecule has 0 nitrogen and oxygen atoms in total. The fourth-order valence-corrected chi connectivity index (χ4v) is 2.43. The number of halogens is 3. The zero-order valence-electron chi connectivity index (χ0n) is 19.7. The Labute approximate surface area is 222 Å². The van der Waals surface area contributed by atoms with Crippen molar-refractivity contribution in [2.45, 2.75) is 57.5 Å². The summed E-state index contributed by atoms with van der Waals surface area (Å²) >= 11 is 0. The maximum Gasteiger partial charge on any atom is 2.00 e. The number of allylic oxidation sites excluding steroid dienone is 1. The van der Waals surface area contributed by atoms with E-state index in [0.29, 0.717) is 0 Å². The largest absolute Gasteiger partial charge is 2.00 e. The fraction of sp³-hybridized carbons (Fsp3) is 0.310. The summed E-state index contributed by atoms with van der Waals surface area (Å²) in [6.45, 7) is 13.4. The normalized spacial score (nSPS) is 15.5. The molecule has 33 heavy (non-hydrogen) atoms. The van der Waals surface area contributed by atoms with Crippen LogP contribution in [0.15, 0.2) is 36.9 Å². The molecule has 10 radical (unpaired) electrons. The Balaban J connectivity index is 0. The van der Waals surface area contributed by atoms with Gasteiger partial charge in [0.15, 0.2) is 0 Å². The minimum Gasteiger partial charge on any atom is -0.343 e. The molecule has 0 amide bonds. The smallest absolute Gasteiger partial charge is 0.343 e. The zero-order valence-corrected chi connectivity index (χ0v) is 22.2. The molecule has 0 aliphatic heterocycles. The first-order valence-electron chi connectivity index (χ1n) is 11.1. The van der Waals surface area contributed by atoms with Crippen LogP contribution in [0.1, 0.15) is 62.5 Å². The van der Waals surface area contributed by atoms with Crippen LogP contribution in [0, 0.1) is 78.1 Å². The maximum absolute atomic E-state index is 12.4. The molecule has 2 saturated carbocycles. The number of alkyl halides is 3. The van der Waals surface area contributed by atoms with Crippen LogP contribution in [0.5, 0.6) is 0 Å². The average molecular weight is 534 g/mol. The van der Waals surface area contributed by atoms with Crippen molar-refractivity contribution in [3.05, 3.63) is 126 Å². The summed E-state index contributed by atoms with van der Waals surface area (Å²) in [6.07, 6.45) is 23.8. The van der Waals surface area contributed by atoms with Gasteiger partial charge in [-0.1, -0.05) is 50.0 Å². The predicted molar refractivity (Wildman–Crippen MR) is 131 cm³/mol. The Kier molecular flexibility index (Phi) is 24.7. The van der Waals surface area contributed by atoms with Crippen LogP contribution in [0.3, 0.4) is 0 Å². The van der Waals surface area contributed by atoms with Gasteiger partial charge in [-0.3, -0.25) is 0 Å². The molecule has 4 heteroatoms. The molecule has 3 rings (SSSR count). The predicted octanol–water partition coefficient (Wildman–Crippen LogP) is 9.03. The summed E-state index contributed by atoms with van der Waals surface area (Å²) in [7, 11) is 0. The second kappa shape index (κ2) is 23.4. The van der Waals surface area contributed by atoms with E-state index < -0.39 is 11.7 Å². The number of hydrogen-bond donors (Lipinski definition) is 0. The third-order valence-corrected chi connectivity index (χ3v) is 4.38. The van der Waals surface area contributed by atoms with Crippen LogP contribution in [-0.2, 0) is 32.4 Å². The molecule has 0 N–H and O–H groups in total. The van der Waals surface area contributed by atoms with Gasteiger partial charge in [0.25, 0.3) is 0 Å². The molecule has 0 heterocycles. The molecule has 0 aromatic heterocycles. The number of unbranched alkanes of at least 4 members (excludes halogenated alkanes) is 3. The summed E-state index contributed by atoms with van der Waals surface area (Å²) in [5, 5.41) is 0. The van der Waals surface area contributed by atoms with Crippen molar-refractivity contribution in [1.82, 2.24) is 0 Å². The molecule has 1 aromatic rings. The molecule has 0 saturated heterocycles. The van der Waals surface area contributed by atoms with Gasteiger partial charge >= 0.3 is 32.4 Å². The minimum atomic E-state index is -4.26. The van der Waals surface area contributed by atoms with E-state index in [0.717, 1.165) is 49.8 Å². The molecule has 0 spiro atoms. The first kappa shape index (κ1) is 34.8. The van der Waals surface area contributed by atoms with Crippen molar-refractivity contribution in [2.24, 2.45) is 0 Å². The summed E-state index contributed by atoms with van der Waals surface area (Å²) in [6, 6.07) is 5.29. The second-order valence-corrected chi connectivity index (χ2v) is 7.17. The van der Waals surface area contributed by atoms with Gasteiger partial charge in [-0.25, -0.2) is 0 Å². The zero-order chi connectivity index (χ0) is 24.1. The standard InChI is InChI=1S/C15H18F3.2C5H5.C4H9.Zr/c1-3-4-5-6-7-12(2)13-8-10-14(11-9-13)15(16,17)18;2*1-2-4-5-3-1;1-3-4-2;/h3,8-12H,1-2,4-7H2;2*1-5H;1,3-4H2,2H3;/q-1;;;-1;+2. The Morgan fingerprint density at radius 1 is 0.848 bits per heavy atom. The Morgan fingerprint density at radius 2 is 1.24 bits per heavy atom. The van der Waals surface area contributed by atoms with E-state index in [9.17, 15) is 13.2 Å². The Morgan fingerprint density at radius 3 is 1.55 bits per heavy atom.